The van der Waals surface area contributed by atoms with Gasteiger partial charge < -0.3 is 19.4 Å². The molecule has 2 aliphatic heterocycles. The molecule has 1 unspecified atom stereocenters. The van der Waals surface area contributed by atoms with Crippen molar-refractivity contribution in [1.29, 1.82) is 0 Å². The van der Waals surface area contributed by atoms with Gasteiger partial charge in [-0.05, 0) is 25.6 Å². The van der Waals surface area contributed by atoms with Crippen molar-refractivity contribution in [2.75, 3.05) is 39.9 Å². The molecule has 2 aliphatic rings. The number of nitrogens with zero attached hydrogens (tertiary/aromatic N) is 1. The predicted octanol–water partition coefficient (Wildman–Crippen LogP) is 0.841. The van der Waals surface area contributed by atoms with E-state index in [4.69, 9.17) is 9.15 Å². The zero-order valence-corrected chi connectivity index (χ0v) is 10.3. The molecular formula is C13H20N2O2. The van der Waals surface area contributed by atoms with Crippen molar-refractivity contribution in [3.63, 3.8) is 0 Å². The van der Waals surface area contributed by atoms with Gasteiger partial charge >= 0.3 is 0 Å². The highest BCUT2D eigenvalue weighted by atomic mass is 16.5. The van der Waals surface area contributed by atoms with Crippen molar-refractivity contribution in [2.45, 2.75) is 17.9 Å². The van der Waals surface area contributed by atoms with Gasteiger partial charge in [0.1, 0.15) is 5.76 Å². The van der Waals surface area contributed by atoms with Crippen molar-refractivity contribution in [1.82, 2.24) is 10.2 Å². The Balaban J connectivity index is 1.70. The summed E-state index contributed by atoms with van der Waals surface area (Å²) in [4.78, 5) is 2.39. The Hall–Kier alpha value is -0.840. The molecule has 1 aromatic heterocycles. The van der Waals surface area contributed by atoms with Crippen molar-refractivity contribution < 1.29 is 9.15 Å². The first-order valence-electron chi connectivity index (χ1n) is 6.32. The monoisotopic (exact) mass is 236 g/mol. The second-order valence-corrected chi connectivity index (χ2v) is 5.37. The summed E-state index contributed by atoms with van der Waals surface area (Å²) in [6.45, 7) is 4.92. The smallest absolute Gasteiger partial charge is 0.114 e. The molecule has 17 heavy (non-hydrogen) atoms. The Morgan fingerprint density at radius 3 is 3.00 bits per heavy atom. The summed E-state index contributed by atoms with van der Waals surface area (Å²) in [6, 6.07) is 4.59. The van der Waals surface area contributed by atoms with Crippen molar-refractivity contribution >= 4 is 0 Å². The van der Waals surface area contributed by atoms with Crippen LogP contribution in [0.3, 0.4) is 0 Å². The molecule has 1 aromatic rings. The molecule has 2 fully saturated rings. The molecule has 2 saturated heterocycles. The van der Waals surface area contributed by atoms with E-state index in [0.717, 1.165) is 45.0 Å². The minimum Gasteiger partial charge on any atom is -0.469 e. The zero-order chi connectivity index (χ0) is 11.7. The molecule has 0 aliphatic carbocycles. The Labute approximate surface area is 102 Å². The van der Waals surface area contributed by atoms with Crippen molar-refractivity contribution in [3.05, 3.63) is 24.2 Å². The van der Waals surface area contributed by atoms with E-state index in [2.05, 4.69) is 23.3 Å². The van der Waals surface area contributed by atoms with Crippen LogP contribution in [0, 0.1) is 0 Å². The molecule has 4 nitrogen and oxygen atoms in total. The molecule has 1 N–H and O–H groups in total. The first-order chi connectivity index (χ1) is 8.28. The van der Waals surface area contributed by atoms with E-state index in [1.54, 1.807) is 6.26 Å². The summed E-state index contributed by atoms with van der Waals surface area (Å²) in [7, 11) is 2.19. The summed E-state index contributed by atoms with van der Waals surface area (Å²) in [6.07, 6.45) is 2.86. The Kier molecular flexibility index (Phi) is 2.94. The molecule has 3 rings (SSSR count). The van der Waals surface area contributed by atoms with Gasteiger partial charge in [-0.2, -0.15) is 0 Å². The number of hydrogen-bond acceptors (Lipinski definition) is 4. The molecule has 1 atom stereocenters. The maximum absolute atomic E-state index is 5.59. The second-order valence-electron chi connectivity index (χ2n) is 5.37. The van der Waals surface area contributed by atoms with E-state index >= 15 is 0 Å². The van der Waals surface area contributed by atoms with Crippen LogP contribution in [-0.2, 0) is 10.2 Å². The first kappa shape index (κ1) is 11.3. The van der Waals surface area contributed by atoms with Crippen LogP contribution in [0.2, 0.25) is 0 Å². The summed E-state index contributed by atoms with van der Waals surface area (Å²) in [5.41, 5.74) is 0.110. The predicted molar refractivity (Wildman–Crippen MR) is 65.1 cm³/mol. The van der Waals surface area contributed by atoms with Gasteiger partial charge in [-0.1, -0.05) is 0 Å². The lowest BCUT2D eigenvalue weighted by atomic mass is 9.77. The minimum atomic E-state index is 0.110. The number of piperazine rings is 1. The topological polar surface area (TPSA) is 37.6 Å². The molecule has 0 amide bonds. The molecule has 0 saturated carbocycles. The number of ether oxygens (including phenoxy) is 1. The SMILES string of the molecule is CN1CCNC(CC2(c3ccco3)COC2)C1. The lowest BCUT2D eigenvalue weighted by Crippen LogP contribution is -2.56. The van der Waals surface area contributed by atoms with E-state index < -0.39 is 0 Å². The fraction of sp³-hybridized carbons (Fsp3) is 0.692. The fourth-order valence-corrected chi connectivity index (χ4v) is 2.89. The number of rotatable bonds is 3. The van der Waals surface area contributed by atoms with E-state index in [-0.39, 0.29) is 5.41 Å². The molecule has 0 bridgehead atoms. The van der Waals surface area contributed by atoms with Crippen LogP contribution < -0.4 is 5.32 Å². The zero-order valence-electron chi connectivity index (χ0n) is 10.3. The van der Waals surface area contributed by atoms with Crippen LogP contribution in [0.25, 0.3) is 0 Å². The molecule has 4 heteroatoms. The number of hydrogen-bond donors (Lipinski definition) is 1. The maximum Gasteiger partial charge on any atom is 0.114 e. The van der Waals surface area contributed by atoms with Gasteiger partial charge in [0.2, 0.25) is 0 Å². The van der Waals surface area contributed by atoms with Gasteiger partial charge in [0, 0.05) is 25.7 Å². The molecule has 0 spiro atoms. The summed E-state index contributed by atoms with van der Waals surface area (Å²) in [5, 5.41) is 3.60. The summed E-state index contributed by atoms with van der Waals surface area (Å²) >= 11 is 0. The quantitative estimate of drug-likeness (QED) is 0.844. The van der Waals surface area contributed by atoms with Crippen LogP contribution in [0.4, 0.5) is 0 Å². The van der Waals surface area contributed by atoms with E-state index in [1.807, 2.05) is 6.07 Å². The average Bonchev–Trinajstić information content (AvgIpc) is 2.77. The van der Waals surface area contributed by atoms with Gasteiger partial charge in [-0.25, -0.2) is 0 Å². The normalized spacial score (nSPS) is 28.9. The fourth-order valence-electron chi connectivity index (χ4n) is 2.89. The molecule has 0 aromatic carbocycles. The van der Waals surface area contributed by atoms with Crippen LogP contribution in [0.1, 0.15) is 12.2 Å². The van der Waals surface area contributed by atoms with E-state index in [9.17, 15) is 0 Å². The molecule has 94 valence electrons. The highest BCUT2D eigenvalue weighted by Gasteiger charge is 2.44. The first-order valence-corrected chi connectivity index (χ1v) is 6.32. The van der Waals surface area contributed by atoms with Gasteiger partial charge in [-0.15, -0.1) is 0 Å². The maximum atomic E-state index is 5.59. The minimum absolute atomic E-state index is 0.110. The van der Waals surface area contributed by atoms with Crippen LogP contribution in [-0.4, -0.2) is 50.8 Å². The number of nitrogens with one attached hydrogen (secondary N) is 1. The second kappa shape index (κ2) is 4.44. The Bertz CT molecular complexity index is 360. The van der Waals surface area contributed by atoms with Gasteiger partial charge in [0.15, 0.2) is 0 Å². The highest BCUT2D eigenvalue weighted by Crippen LogP contribution is 2.37. The third-order valence-electron chi connectivity index (χ3n) is 3.90. The Morgan fingerprint density at radius 1 is 1.53 bits per heavy atom. The number of furan rings is 1. The van der Waals surface area contributed by atoms with Crippen LogP contribution in [0.5, 0.6) is 0 Å². The Morgan fingerprint density at radius 2 is 2.41 bits per heavy atom. The molecule has 0 radical (unpaired) electrons. The largest absolute Gasteiger partial charge is 0.469 e. The van der Waals surface area contributed by atoms with Crippen LogP contribution in [0.15, 0.2) is 22.8 Å². The third-order valence-corrected chi connectivity index (χ3v) is 3.90. The van der Waals surface area contributed by atoms with E-state index in [1.165, 1.54) is 0 Å². The van der Waals surface area contributed by atoms with Gasteiger partial charge in [0.25, 0.3) is 0 Å². The third kappa shape index (κ3) is 2.12. The van der Waals surface area contributed by atoms with Gasteiger partial charge in [0.05, 0.1) is 24.9 Å². The lowest BCUT2D eigenvalue weighted by molar-refractivity contribution is -0.0803. The average molecular weight is 236 g/mol. The standard InChI is InChI=1S/C13H20N2O2/c1-15-5-4-14-11(8-15)7-13(9-16-10-13)12-3-2-6-17-12/h2-3,6,11,14H,4-5,7-10H2,1H3. The van der Waals surface area contributed by atoms with Crippen molar-refractivity contribution in [2.24, 2.45) is 0 Å². The number of likely N-dealkylation sites (N-methyl/N-ethyl adjacent to an activating group) is 1. The van der Waals surface area contributed by atoms with Crippen molar-refractivity contribution in [3.8, 4) is 0 Å². The molecule has 3 heterocycles. The van der Waals surface area contributed by atoms with Gasteiger partial charge in [-0.3, -0.25) is 0 Å². The van der Waals surface area contributed by atoms with E-state index in [0.29, 0.717) is 6.04 Å². The van der Waals surface area contributed by atoms with Crippen LogP contribution >= 0.6 is 0 Å². The highest BCUT2D eigenvalue weighted by molar-refractivity contribution is 5.18. The molecular weight excluding hydrogens is 216 g/mol. The summed E-state index contributed by atoms with van der Waals surface area (Å²) in [5.74, 6) is 1.08. The summed E-state index contributed by atoms with van der Waals surface area (Å²) < 4.78 is 11.0. The lowest BCUT2D eigenvalue weighted by Gasteiger charge is -2.44.